The van der Waals surface area contributed by atoms with E-state index in [0.717, 1.165) is 51.6 Å². The first-order valence-corrected chi connectivity index (χ1v) is 8.16. The SMILES string of the molecule is CSC1(CN=C(N)N2CCCCC2)CCOCC1. The maximum absolute atomic E-state index is 6.11. The van der Waals surface area contributed by atoms with Crippen LogP contribution in [0, 0.1) is 0 Å². The highest BCUT2D eigenvalue weighted by Crippen LogP contribution is 2.34. The molecule has 0 spiro atoms. The summed E-state index contributed by atoms with van der Waals surface area (Å²) < 4.78 is 5.69. The molecule has 0 radical (unpaired) electrons. The number of hydrogen-bond donors (Lipinski definition) is 1. The lowest BCUT2D eigenvalue weighted by molar-refractivity contribution is 0.0793. The minimum atomic E-state index is 0.249. The number of ether oxygens (including phenoxy) is 1. The maximum Gasteiger partial charge on any atom is 0.191 e. The Morgan fingerprint density at radius 3 is 2.56 bits per heavy atom. The molecule has 2 aliphatic heterocycles. The van der Waals surface area contributed by atoms with Gasteiger partial charge in [0, 0.05) is 31.1 Å². The lowest BCUT2D eigenvalue weighted by atomic mass is 9.99. The summed E-state index contributed by atoms with van der Waals surface area (Å²) in [5.41, 5.74) is 6.11. The highest BCUT2D eigenvalue weighted by molar-refractivity contribution is 8.00. The summed E-state index contributed by atoms with van der Waals surface area (Å²) >= 11 is 1.92. The number of nitrogens with zero attached hydrogens (tertiary/aromatic N) is 2. The molecule has 0 bridgehead atoms. The molecule has 2 aliphatic rings. The summed E-state index contributed by atoms with van der Waals surface area (Å²) in [6.07, 6.45) is 8.18. The van der Waals surface area contributed by atoms with E-state index in [1.165, 1.54) is 19.3 Å². The summed E-state index contributed by atoms with van der Waals surface area (Å²) in [7, 11) is 0. The number of rotatable bonds is 3. The van der Waals surface area contributed by atoms with Crippen molar-refractivity contribution in [3.05, 3.63) is 0 Å². The van der Waals surface area contributed by atoms with Crippen LogP contribution < -0.4 is 5.73 Å². The normalized spacial score (nSPS) is 25.2. The van der Waals surface area contributed by atoms with Crippen LogP contribution >= 0.6 is 11.8 Å². The molecule has 0 aliphatic carbocycles. The smallest absolute Gasteiger partial charge is 0.191 e. The van der Waals surface area contributed by atoms with Gasteiger partial charge >= 0.3 is 0 Å². The summed E-state index contributed by atoms with van der Waals surface area (Å²) in [4.78, 5) is 6.89. The molecule has 0 amide bonds. The highest BCUT2D eigenvalue weighted by Gasteiger charge is 2.31. The van der Waals surface area contributed by atoms with E-state index in [1.807, 2.05) is 11.8 Å². The fraction of sp³-hybridized carbons (Fsp3) is 0.923. The zero-order valence-corrected chi connectivity index (χ0v) is 12.2. The summed E-state index contributed by atoms with van der Waals surface area (Å²) in [6, 6.07) is 0. The number of guanidine groups is 1. The van der Waals surface area contributed by atoms with Gasteiger partial charge in [-0.15, -0.1) is 0 Å². The van der Waals surface area contributed by atoms with Crippen LogP contribution in [0.1, 0.15) is 32.1 Å². The predicted octanol–water partition coefficient (Wildman–Crippen LogP) is 1.70. The first-order chi connectivity index (χ1) is 8.76. The number of nitrogens with two attached hydrogens (primary N) is 1. The molecule has 2 rings (SSSR count). The van der Waals surface area contributed by atoms with Gasteiger partial charge in [-0.1, -0.05) is 0 Å². The third kappa shape index (κ3) is 3.54. The van der Waals surface area contributed by atoms with Gasteiger partial charge in [0.05, 0.1) is 6.54 Å². The van der Waals surface area contributed by atoms with E-state index in [9.17, 15) is 0 Å². The van der Waals surface area contributed by atoms with Crippen LogP contribution in [0.15, 0.2) is 4.99 Å². The van der Waals surface area contributed by atoms with Crippen LogP contribution in [0.2, 0.25) is 0 Å². The van der Waals surface area contributed by atoms with E-state index in [2.05, 4.69) is 16.1 Å². The largest absolute Gasteiger partial charge is 0.381 e. The van der Waals surface area contributed by atoms with Gasteiger partial charge in [0.25, 0.3) is 0 Å². The first kappa shape index (κ1) is 14.0. The number of aliphatic imine (C=N–C) groups is 1. The molecule has 4 nitrogen and oxygen atoms in total. The van der Waals surface area contributed by atoms with E-state index in [-0.39, 0.29) is 4.75 Å². The molecule has 0 aromatic rings. The summed E-state index contributed by atoms with van der Waals surface area (Å²) in [5.74, 6) is 0.745. The Balaban J connectivity index is 1.90. The molecule has 0 saturated carbocycles. The van der Waals surface area contributed by atoms with Crippen LogP contribution in [0.25, 0.3) is 0 Å². The molecular weight excluding hydrogens is 246 g/mol. The van der Waals surface area contributed by atoms with Crippen molar-refractivity contribution in [2.24, 2.45) is 10.7 Å². The van der Waals surface area contributed by atoms with Gasteiger partial charge in [0.1, 0.15) is 0 Å². The van der Waals surface area contributed by atoms with Crippen molar-refractivity contribution >= 4 is 17.7 Å². The Kier molecular flexibility index (Phi) is 5.18. The van der Waals surface area contributed by atoms with E-state index < -0.39 is 0 Å². The van der Waals surface area contributed by atoms with E-state index in [1.54, 1.807) is 0 Å². The lowest BCUT2D eigenvalue weighted by Gasteiger charge is -2.35. The standard InChI is InChI=1S/C13H25N3OS/c1-18-13(5-9-17-10-6-13)11-15-12(14)16-7-3-2-4-8-16/h2-11H2,1H3,(H2,14,15). The van der Waals surface area contributed by atoms with Gasteiger partial charge in [-0.05, 0) is 38.4 Å². The fourth-order valence-corrected chi connectivity index (χ4v) is 3.39. The number of thioether (sulfide) groups is 1. The molecule has 2 fully saturated rings. The van der Waals surface area contributed by atoms with Gasteiger partial charge < -0.3 is 15.4 Å². The molecule has 2 saturated heterocycles. The monoisotopic (exact) mass is 271 g/mol. The van der Waals surface area contributed by atoms with Crippen LogP contribution in [-0.4, -0.2) is 54.7 Å². The highest BCUT2D eigenvalue weighted by atomic mass is 32.2. The number of likely N-dealkylation sites (tertiary alicyclic amines) is 1. The Bertz CT molecular complexity index is 284. The van der Waals surface area contributed by atoms with Crippen molar-refractivity contribution in [1.82, 2.24) is 4.90 Å². The quantitative estimate of drug-likeness (QED) is 0.627. The number of hydrogen-bond acceptors (Lipinski definition) is 3. The average Bonchev–Trinajstić information content (AvgIpc) is 2.47. The van der Waals surface area contributed by atoms with Gasteiger partial charge in [0.2, 0.25) is 0 Å². The predicted molar refractivity (Wildman–Crippen MR) is 78.2 cm³/mol. The topological polar surface area (TPSA) is 50.8 Å². The van der Waals surface area contributed by atoms with Crippen molar-refractivity contribution in [2.75, 3.05) is 39.1 Å². The molecule has 0 atom stereocenters. The molecule has 18 heavy (non-hydrogen) atoms. The van der Waals surface area contributed by atoms with E-state index in [0.29, 0.717) is 0 Å². The van der Waals surface area contributed by atoms with Gasteiger partial charge in [-0.25, -0.2) is 0 Å². The summed E-state index contributed by atoms with van der Waals surface area (Å²) in [6.45, 7) is 4.70. The molecule has 0 unspecified atom stereocenters. The van der Waals surface area contributed by atoms with Crippen LogP contribution in [0.3, 0.4) is 0 Å². The molecule has 104 valence electrons. The maximum atomic E-state index is 6.11. The summed E-state index contributed by atoms with van der Waals surface area (Å²) in [5, 5.41) is 0. The van der Waals surface area contributed by atoms with Crippen LogP contribution in [0.4, 0.5) is 0 Å². The van der Waals surface area contributed by atoms with Gasteiger partial charge in [-0.2, -0.15) is 11.8 Å². The lowest BCUT2D eigenvalue weighted by Crippen LogP contribution is -2.43. The molecular formula is C13H25N3OS. The fourth-order valence-electron chi connectivity index (χ4n) is 2.62. The zero-order valence-electron chi connectivity index (χ0n) is 11.4. The Morgan fingerprint density at radius 2 is 1.94 bits per heavy atom. The zero-order chi connectivity index (χ0) is 12.8. The Morgan fingerprint density at radius 1 is 1.28 bits per heavy atom. The molecule has 5 heteroatoms. The molecule has 2 heterocycles. The van der Waals surface area contributed by atoms with E-state index >= 15 is 0 Å². The van der Waals surface area contributed by atoms with Crippen LogP contribution in [-0.2, 0) is 4.74 Å². The van der Waals surface area contributed by atoms with Crippen molar-refractivity contribution in [3.8, 4) is 0 Å². The first-order valence-electron chi connectivity index (χ1n) is 6.93. The van der Waals surface area contributed by atoms with Gasteiger partial charge in [-0.3, -0.25) is 4.99 Å². The molecule has 2 N–H and O–H groups in total. The minimum Gasteiger partial charge on any atom is -0.381 e. The molecule has 0 aromatic heterocycles. The second kappa shape index (κ2) is 6.66. The van der Waals surface area contributed by atoms with Crippen LogP contribution in [0.5, 0.6) is 0 Å². The molecule has 0 aromatic carbocycles. The second-order valence-electron chi connectivity index (χ2n) is 5.22. The second-order valence-corrected chi connectivity index (χ2v) is 6.50. The average molecular weight is 271 g/mol. The Hall–Kier alpha value is -0.420. The van der Waals surface area contributed by atoms with Crippen molar-refractivity contribution < 1.29 is 4.74 Å². The van der Waals surface area contributed by atoms with Crippen molar-refractivity contribution in [3.63, 3.8) is 0 Å². The Labute approximate surface area is 114 Å². The number of piperidine rings is 1. The van der Waals surface area contributed by atoms with Crippen molar-refractivity contribution in [1.29, 1.82) is 0 Å². The van der Waals surface area contributed by atoms with Crippen molar-refractivity contribution in [2.45, 2.75) is 36.9 Å². The van der Waals surface area contributed by atoms with Gasteiger partial charge in [0.15, 0.2) is 5.96 Å². The third-order valence-corrected chi connectivity index (χ3v) is 5.45. The minimum absolute atomic E-state index is 0.249. The van der Waals surface area contributed by atoms with E-state index in [4.69, 9.17) is 10.5 Å². The third-order valence-electron chi connectivity index (χ3n) is 4.05.